The van der Waals surface area contributed by atoms with E-state index in [2.05, 4.69) is 24.9 Å². The predicted octanol–water partition coefficient (Wildman–Crippen LogP) is 2.79. The molecule has 0 saturated carbocycles. The number of rotatable bonds is 2. The molecule has 0 aromatic heterocycles. The van der Waals surface area contributed by atoms with Crippen LogP contribution in [-0.4, -0.2) is 25.0 Å². The van der Waals surface area contributed by atoms with E-state index >= 15 is 0 Å². The van der Waals surface area contributed by atoms with Gasteiger partial charge in [0.15, 0.2) is 17.1 Å². The Hall–Kier alpha value is -1.51. The Morgan fingerprint density at radius 2 is 2.35 bits per heavy atom. The van der Waals surface area contributed by atoms with Gasteiger partial charge in [0.2, 0.25) is 0 Å². The third kappa shape index (κ3) is 1.25. The average molecular weight is 231 g/mol. The molecule has 3 nitrogen and oxygen atoms in total. The molecule has 0 saturated heterocycles. The first-order valence-electron chi connectivity index (χ1n) is 6.10. The van der Waals surface area contributed by atoms with Crippen LogP contribution in [0, 0.1) is 0 Å². The van der Waals surface area contributed by atoms with E-state index in [1.54, 1.807) is 7.11 Å². The fraction of sp³-hybridized carbons (Fsp3) is 0.500. The molecular weight excluding hydrogens is 214 g/mol. The second kappa shape index (κ2) is 3.49. The van der Waals surface area contributed by atoms with E-state index in [1.165, 1.54) is 11.3 Å². The fourth-order valence-electron chi connectivity index (χ4n) is 3.01. The number of nitrogens with zero attached hydrogens (tertiary/aromatic N) is 1. The van der Waals surface area contributed by atoms with Crippen LogP contribution in [0.25, 0.3) is 0 Å². The van der Waals surface area contributed by atoms with Crippen molar-refractivity contribution >= 4 is 5.71 Å². The third-order valence-electron chi connectivity index (χ3n) is 3.96. The molecular formula is C14H17NO2. The number of fused-ring (bicyclic) bond motifs is 3. The molecule has 2 heterocycles. The molecule has 3 rings (SSSR count). The van der Waals surface area contributed by atoms with E-state index in [-0.39, 0.29) is 5.60 Å². The van der Waals surface area contributed by atoms with Gasteiger partial charge in [-0.2, -0.15) is 0 Å². The Labute approximate surface area is 101 Å². The Kier molecular flexibility index (Phi) is 2.18. The average Bonchev–Trinajstić information content (AvgIpc) is 2.79. The standard InChI is InChI=1S/C14H17NO2/c1-4-12-14(2)10(8-15-12)9-6-5-7-11(16-3)13(9)17-14/h5-7,10H,4,8H2,1-3H3/t10-,14-/m0/s1. The Bertz CT molecular complexity index is 495. The summed E-state index contributed by atoms with van der Waals surface area (Å²) in [7, 11) is 1.68. The molecule has 0 fully saturated rings. The molecule has 2 aliphatic rings. The van der Waals surface area contributed by atoms with Crippen LogP contribution >= 0.6 is 0 Å². The molecule has 0 unspecified atom stereocenters. The predicted molar refractivity (Wildman–Crippen MR) is 67.4 cm³/mol. The molecule has 0 amide bonds. The Morgan fingerprint density at radius 3 is 3.06 bits per heavy atom. The van der Waals surface area contributed by atoms with Crippen molar-refractivity contribution in [2.75, 3.05) is 13.7 Å². The van der Waals surface area contributed by atoms with Gasteiger partial charge in [0.25, 0.3) is 0 Å². The summed E-state index contributed by atoms with van der Waals surface area (Å²) in [5, 5.41) is 0. The van der Waals surface area contributed by atoms with Gasteiger partial charge in [0, 0.05) is 5.56 Å². The Morgan fingerprint density at radius 1 is 1.53 bits per heavy atom. The highest BCUT2D eigenvalue weighted by Crippen LogP contribution is 2.52. The zero-order chi connectivity index (χ0) is 12.0. The summed E-state index contributed by atoms with van der Waals surface area (Å²) in [5.41, 5.74) is 2.14. The molecule has 2 atom stereocenters. The van der Waals surface area contributed by atoms with Gasteiger partial charge in [-0.3, -0.25) is 4.99 Å². The zero-order valence-corrected chi connectivity index (χ0v) is 10.5. The lowest BCUT2D eigenvalue weighted by atomic mass is 9.84. The minimum absolute atomic E-state index is 0.258. The van der Waals surface area contributed by atoms with Crippen molar-refractivity contribution < 1.29 is 9.47 Å². The van der Waals surface area contributed by atoms with E-state index < -0.39 is 0 Å². The lowest BCUT2D eigenvalue weighted by Crippen LogP contribution is -2.39. The first-order valence-corrected chi connectivity index (χ1v) is 6.10. The van der Waals surface area contributed by atoms with E-state index in [1.807, 2.05) is 12.1 Å². The van der Waals surface area contributed by atoms with Crippen molar-refractivity contribution in [2.24, 2.45) is 4.99 Å². The van der Waals surface area contributed by atoms with Gasteiger partial charge in [-0.1, -0.05) is 19.1 Å². The van der Waals surface area contributed by atoms with Crippen LogP contribution in [0.2, 0.25) is 0 Å². The van der Waals surface area contributed by atoms with Crippen molar-refractivity contribution in [1.82, 2.24) is 0 Å². The molecule has 17 heavy (non-hydrogen) atoms. The minimum Gasteiger partial charge on any atom is -0.493 e. The van der Waals surface area contributed by atoms with Crippen LogP contribution in [-0.2, 0) is 0 Å². The van der Waals surface area contributed by atoms with Crippen molar-refractivity contribution in [3.63, 3.8) is 0 Å². The smallest absolute Gasteiger partial charge is 0.166 e. The maximum absolute atomic E-state index is 6.19. The van der Waals surface area contributed by atoms with Gasteiger partial charge < -0.3 is 9.47 Å². The molecule has 1 aromatic carbocycles. The quantitative estimate of drug-likeness (QED) is 0.783. The summed E-state index contributed by atoms with van der Waals surface area (Å²) in [4.78, 5) is 4.62. The third-order valence-corrected chi connectivity index (χ3v) is 3.96. The van der Waals surface area contributed by atoms with Crippen LogP contribution in [0.15, 0.2) is 23.2 Å². The SMILES string of the molecule is CCC1=NC[C@H]2c3cccc(OC)c3O[C@]12C. The summed E-state index contributed by atoms with van der Waals surface area (Å²) in [6, 6.07) is 6.10. The van der Waals surface area contributed by atoms with E-state index in [9.17, 15) is 0 Å². The molecule has 90 valence electrons. The highest BCUT2D eigenvalue weighted by Gasteiger charge is 2.51. The number of para-hydroxylation sites is 1. The van der Waals surface area contributed by atoms with Crippen LogP contribution in [0.1, 0.15) is 31.7 Å². The highest BCUT2D eigenvalue weighted by molar-refractivity contribution is 5.96. The number of benzene rings is 1. The summed E-state index contributed by atoms with van der Waals surface area (Å²) in [6.07, 6.45) is 0.948. The van der Waals surface area contributed by atoms with Crippen LogP contribution < -0.4 is 9.47 Å². The van der Waals surface area contributed by atoms with Crippen molar-refractivity contribution in [3.05, 3.63) is 23.8 Å². The maximum atomic E-state index is 6.19. The molecule has 3 heteroatoms. The molecule has 0 radical (unpaired) electrons. The second-order valence-corrected chi connectivity index (χ2v) is 4.78. The minimum atomic E-state index is -0.258. The molecule has 0 spiro atoms. The summed E-state index contributed by atoms with van der Waals surface area (Å²) < 4.78 is 11.6. The highest BCUT2D eigenvalue weighted by atomic mass is 16.5. The van der Waals surface area contributed by atoms with Crippen LogP contribution in [0.3, 0.4) is 0 Å². The number of hydrogen-bond acceptors (Lipinski definition) is 3. The Balaban J connectivity index is 2.09. The van der Waals surface area contributed by atoms with Crippen LogP contribution in [0.5, 0.6) is 11.5 Å². The van der Waals surface area contributed by atoms with E-state index in [0.717, 1.165) is 24.5 Å². The molecule has 0 aliphatic carbocycles. The first-order chi connectivity index (χ1) is 8.20. The number of hydrogen-bond donors (Lipinski definition) is 0. The molecule has 0 bridgehead atoms. The van der Waals surface area contributed by atoms with E-state index in [0.29, 0.717) is 5.92 Å². The summed E-state index contributed by atoms with van der Waals surface area (Å²) >= 11 is 0. The van der Waals surface area contributed by atoms with Crippen LogP contribution in [0.4, 0.5) is 0 Å². The molecule has 2 aliphatic heterocycles. The second-order valence-electron chi connectivity index (χ2n) is 4.78. The lowest BCUT2D eigenvalue weighted by Gasteiger charge is -2.25. The van der Waals surface area contributed by atoms with Gasteiger partial charge in [0.05, 0.1) is 25.3 Å². The fourth-order valence-corrected chi connectivity index (χ4v) is 3.01. The topological polar surface area (TPSA) is 30.8 Å². The van der Waals surface area contributed by atoms with Crippen molar-refractivity contribution in [1.29, 1.82) is 0 Å². The van der Waals surface area contributed by atoms with Gasteiger partial charge >= 0.3 is 0 Å². The number of methoxy groups -OCH3 is 1. The van der Waals surface area contributed by atoms with Gasteiger partial charge in [-0.15, -0.1) is 0 Å². The summed E-state index contributed by atoms with van der Waals surface area (Å²) in [5.74, 6) is 2.08. The monoisotopic (exact) mass is 231 g/mol. The largest absolute Gasteiger partial charge is 0.493 e. The van der Waals surface area contributed by atoms with Crippen molar-refractivity contribution in [3.8, 4) is 11.5 Å². The molecule has 1 aromatic rings. The van der Waals surface area contributed by atoms with Gasteiger partial charge in [-0.05, 0) is 19.4 Å². The van der Waals surface area contributed by atoms with Crippen molar-refractivity contribution in [2.45, 2.75) is 31.8 Å². The number of ether oxygens (including phenoxy) is 2. The number of aliphatic imine (C=N–C) groups is 1. The van der Waals surface area contributed by atoms with Gasteiger partial charge in [-0.25, -0.2) is 0 Å². The van der Waals surface area contributed by atoms with E-state index in [4.69, 9.17) is 9.47 Å². The maximum Gasteiger partial charge on any atom is 0.166 e. The molecule has 0 N–H and O–H groups in total. The lowest BCUT2D eigenvalue weighted by molar-refractivity contribution is 0.168. The normalized spacial score (nSPS) is 29.4. The van der Waals surface area contributed by atoms with Gasteiger partial charge in [0.1, 0.15) is 0 Å². The first kappa shape index (κ1) is 10.6. The summed E-state index contributed by atoms with van der Waals surface area (Å²) in [6.45, 7) is 5.11. The zero-order valence-electron chi connectivity index (χ0n) is 10.5.